The Kier molecular flexibility index (Phi) is 1.64. The molecule has 2 fully saturated rings. The number of aliphatic hydroxyl groups is 1. The van der Waals surface area contributed by atoms with Gasteiger partial charge in [0.2, 0.25) is 0 Å². The van der Waals surface area contributed by atoms with Gasteiger partial charge in [0.1, 0.15) is 0 Å². The van der Waals surface area contributed by atoms with Gasteiger partial charge in [-0.2, -0.15) is 12.6 Å². The summed E-state index contributed by atoms with van der Waals surface area (Å²) in [5.41, 5.74) is 0.527. The maximum atomic E-state index is 9.91. The lowest BCUT2D eigenvalue weighted by atomic mass is 9.71. The molecule has 2 aliphatic carbocycles. The van der Waals surface area contributed by atoms with Crippen molar-refractivity contribution in [1.29, 1.82) is 0 Å². The molecule has 2 heteroatoms. The van der Waals surface area contributed by atoms with E-state index in [9.17, 15) is 5.11 Å². The first-order valence-electron chi connectivity index (χ1n) is 4.77. The predicted octanol–water partition coefficient (Wildman–Crippen LogP) is 2.10. The second kappa shape index (κ2) is 2.21. The molecule has 4 atom stereocenters. The molecule has 0 aromatic carbocycles. The maximum Gasteiger partial charge on any atom is 0.0695 e. The van der Waals surface area contributed by atoms with E-state index >= 15 is 0 Å². The fraction of sp³-hybridized carbons (Fsp3) is 1.00. The molecule has 1 nitrogen and oxygen atoms in total. The lowest BCUT2D eigenvalue weighted by molar-refractivity contribution is 0.0986. The molecule has 2 rings (SSSR count). The summed E-state index contributed by atoms with van der Waals surface area (Å²) in [5, 5.41) is 10.1. The van der Waals surface area contributed by atoms with Crippen LogP contribution in [0, 0.1) is 16.7 Å². The fourth-order valence-electron chi connectivity index (χ4n) is 3.29. The van der Waals surface area contributed by atoms with Crippen molar-refractivity contribution in [3.8, 4) is 0 Å². The van der Waals surface area contributed by atoms with Crippen LogP contribution in [0.2, 0.25) is 0 Å². The van der Waals surface area contributed by atoms with Crippen molar-refractivity contribution < 1.29 is 5.11 Å². The standard InChI is InChI=1S/C10H18OS/c1-9(2)6-4-5-10(9,3)8(12)7(6)11/h6-8,11-12H,4-5H2,1-3H3/t6-,7-,8+,10?/m0/s1. The highest BCUT2D eigenvalue weighted by atomic mass is 32.1. The summed E-state index contributed by atoms with van der Waals surface area (Å²) in [4.78, 5) is 0. The van der Waals surface area contributed by atoms with Gasteiger partial charge < -0.3 is 5.11 Å². The Balaban J connectivity index is 2.44. The molecular weight excluding hydrogens is 168 g/mol. The van der Waals surface area contributed by atoms with E-state index in [1.165, 1.54) is 12.8 Å². The third-order valence-corrected chi connectivity index (χ3v) is 5.64. The van der Waals surface area contributed by atoms with Gasteiger partial charge in [-0.25, -0.2) is 0 Å². The first kappa shape index (κ1) is 8.89. The zero-order valence-corrected chi connectivity index (χ0v) is 8.94. The molecule has 0 amide bonds. The van der Waals surface area contributed by atoms with Gasteiger partial charge in [-0.1, -0.05) is 20.8 Å². The molecule has 0 aliphatic heterocycles. The zero-order chi connectivity index (χ0) is 9.15. The van der Waals surface area contributed by atoms with Gasteiger partial charge in [-0.15, -0.1) is 0 Å². The number of hydrogen-bond acceptors (Lipinski definition) is 2. The monoisotopic (exact) mass is 186 g/mol. The molecule has 1 unspecified atom stereocenters. The second-order valence-electron chi connectivity index (χ2n) is 5.22. The summed E-state index contributed by atoms with van der Waals surface area (Å²) in [5.74, 6) is 0.477. The maximum absolute atomic E-state index is 9.91. The van der Waals surface area contributed by atoms with E-state index in [0.717, 1.165) is 0 Å². The van der Waals surface area contributed by atoms with Crippen LogP contribution in [0.3, 0.4) is 0 Å². The van der Waals surface area contributed by atoms with Crippen LogP contribution in [0.1, 0.15) is 33.6 Å². The lowest BCUT2D eigenvalue weighted by Crippen LogP contribution is -2.35. The van der Waals surface area contributed by atoms with Gasteiger partial charge in [0, 0.05) is 5.25 Å². The SMILES string of the molecule is CC1(C)[C@H]2CCC1(C)[C@H](S)[C@H]2O. The van der Waals surface area contributed by atoms with Gasteiger partial charge in [0.25, 0.3) is 0 Å². The molecule has 12 heavy (non-hydrogen) atoms. The minimum Gasteiger partial charge on any atom is -0.392 e. The summed E-state index contributed by atoms with van der Waals surface area (Å²) < 4.78 is 0. The van der Waals surface area contributed by atoms with Gasteiger partial charge in [0.05, 0.1) is 6.10 Å². The molecule has 1 N–H and O–H groups in total. The van der Waals surface area contributed by atoms with Crippen LogP contribution in [0.25, 0.3) is 0 Å². The average molecular weight is 186 g/mol. The predicted molar refractivity (Wildman–Crippen MR) is 53.4 cm³/mol. The Labute approximate surface area is 80.0 Å². The normalized spacial score (nSPS) is 56.2. The number of aliphatic hydroxyl groups excluding tert-OH is 1. The quantitative estimate of drug-likeness (QED) is 0.555. The smallest absolute Gasteiger partial charge is 0.0695 e. The van der Waals surface area contributed by atoms with Crippen molar-refractivity contribution in [1.82, 2.24) is 0 Å². The van der Waals surface area contributed by atoms with E-state index < -0.39 is 0 Å². The molecule has 2 aliphatic rings. The molecule has 0 spiro atoms. The van der Waals surface area contributed by atoms with Crippen LogP contribution in [0.15, 0.2) is 0 Å². The zero-order valence-electron chi connectivity index (χ0n) is 8.04. The number of hydrogen-bond donors (Lipinski definition) is 2. The molecule has 70 valence electrons. The highest BCUT2D eigenvalue weighted by Gasteiger charge is 2.64. The second-order valence-corrected chi connectivity index (χ2v) is 5.78. The number of rotatable bonds is 0. The van der Waals surface area contributed by atoms with Gasteiger partial charge >= 0.3 is 0 Å². The Morgan fingerprint density at radius 3 is 2.17 bits per heavy atom. The van der Waals surface area contributed by atoms with Crippen LogP contribution in [-0.2, 0) is 0 Å². The van der Waals surface area contributed by atoms with Crippen LogP contribution >= 0.6 is 12.6 Å². The van der Waals surface area contributed by atoms with Crippen LogP contribution in [0.5, 0.6) is 0 Å². The van der Waals surface area contributed by atoms with Crippen LogP contribution < -0.4 is 0 Å². The molecule has 0 aromatic rings. The van der Waals surface area contributed by atoms with Crippen molar-refractivity contribution in [2.45, 2.75) is 45.0 Å². The first-order chi connectivity index (χ1) is 5.41. The highest BCUT2D eigenvalue weighted by Crippen LogP contribution is 2.66. The van der Waals surface area contributed by atoms with Crippen molar-refractivity contribution in [3.05, 3.63) is 0 Å². The number of fused-ring (bicyclic) bond motifs is 2. The molecule has 2 bridgehead atoms. The van der Waals surface area contributed by atoms with E-state index in [2.05, 4.69) is 33.4 Å². The average Bonchev–Trinajstić information content (AvgIpc) is 2.26. The minimum atomic E-state index is -0.179. The largest absolute Gasteiger partial charge is 0.392 e. The fourth-order valence-corrected chi connectivity index (χ4v) is 3.96. The van der Waals surface area contributed by atoms with Gasteiger partial charge in [-0.3, -0.25) is 0 Å². The van der Waals surface area contributed by atoms with E-state index in [1.807, 2.05) is 0 Å². The third-order valence-electron chi connectivity index (χ3n) is 4.76. The van der Waals surface area contributed by atoms with E-state index in [0.29, 0.717) is 5.92 Å². The van der Waals surface area contributed by atoms with Crippen LogP contribution in [-0.4, -0.2) is 16.5 Å². The van der Waals surface area contributed by atoms with E-state index in [4.69, 9.17) is 0 Å². The van der Waals surface area contributed by atoms with Crippen molar-refractivity contribution in [2.75, 3.05) is 0 Å². The van der Waals surface area contributed by atoms with E-state index in [1.54, 1.807) is 0 Å². The topological polar surface area (TPSA) is 20.2 Å². The molecule has 0 heterocycles. The third kappa shape index (κ3) is 0.717. The Morgan fingerprint density at radius 2 is 1.92 bits per heavy atom. The molecule has 0 saturated heterocycles. The molecule has 2 saturated carbocycles. The molecule has 0 aromatic heterocycles. The van der Waals surface area contributed by atoms with Crippen molar-refractivity contribution in [3.63, 3.8) is 0 Å². The summed E-state index contributed by atoms with van der Waals surface area (Å²) in [6, 6.07) is 0. The summed E-state index contributed by atoms with van der Waals surface area (Å²) >= 11 is 4.54. The number of thiol groups is 1. The highest BCUT2D eigenvalue weighted by molar-refractivity contribution is 7.81. The van der Waals surface area contributed by atoms with E-state index in [-0.39, 0.29) is 22.2 Å². The summed E-state index contributed by atoms with van der Waals surface area (Å²) in [7, 11) is 0. The van der Waals surface area contributed by atoms with Gasteiger partial charge in [-0.05, 0) is 29.6 Å². The Morgan fingerprint density at radius 1 is 1.33 bits per heavy atom. The molecule has 0 radical (unpaired) electrons. The van der Waals surface area contributed by atoms with Crippen molar-refractivity contribution >= 4 is 12.6 Å². The summed E-state index contributed by atoms with van der Waals surface area (Å²) in [6.45, 7) is 6.84. The summed E-state index contributed by atoms with van der Waals surface area (Å²) in [6.07, 6.45) is 2.24. The Hall–Kier alpha value is 0.310. The minimum absolute atomic E-state index is 0.179. The first-order valence-corrected chi connectivity index (χ1v) is 5.29. The lowest BCUT2D eigenvalue weighted by Gasteiger charge is -2.37. The Bertz CT molecular complexity index is 214. The van der Waals surface area contributed by atoms with Gasteiger partial charge in [0.15, 0.2) is 0 Å². The van der Waals surface area contributed by atoms with Crippen molar-refractivity contribution in [2.24, 2.45) is 16.7 Å². The van der Waals surface area contributed by atoms with Crippen LogP contribution in [0.4, 0.5) is 0 Å². The molecular formula is C10H18OS.